The lowest BCUT2D eigenvalue weighted by atomic mass is 9.76. The fraction of sp³-hybridized carbons (Fsp3) is 0.250. The van der Waals surface area contributed by atoms with Gasteiger partial charge in [0.15, 0.2) is 0 Å². The summed E-state index contributed by atoms with van der Waals surface area (Å²) < 4.78 is 0. The standard InChI is InChI=1S/C24H25NO/c1-23(2,26)22-18-25(22)24(19-12-6-3-7-13-19,20-14-8-4-9-15-20)21-16-10-5-11-17-21/h3-17,22,26H,18H2,1-2H3. The van der Waals surface area contributed by atoms with E-state index < -0.39 is 11.1 Å². The van der Waals surface area contributed by atoms with Crippen molar-refractivity contribution in [2.45, 2.75) is 31.0 Å². The Kier molecular flexibility index (Phi) is 4.18. The van der Waals surface area contributed by atoms with Gasteiger partial charge in [-0.15, -0.1) is 0 Å². The Morgan fingerprint density at radius 2 is 1.04 bits per heavy atom. The molecular weight excluding hydrogens is 318 g/mol. The van der Waals surface area contributed by atoms with E-state index in [9.17, 15) is 5.11 Å². The van der Waals surface area contributed by atoms with Crippen LogP contribution >= 0.6 is 0 Å². The van der Waals surface area contributed by atoms with Crippen LogP contribution in [0.25, 0.3) is 0 Å². The largest absolute Gasteiger partial charge is 0.389 e. The molecule has 0 spiro atoms. The molecular formula is C24H25NO. The lowest BCUT2D eigenvalue weighted by molar-refractivity contribution is 0.0555. The molecule has 2 heteroatoms. The molecule has 26 heavy (non-hydrogen) atoms. The molecule has 0 bridgehead atoms. The quantitative estimate of drug-likeness (QED) is 0.547. The summed E-state index contributed by atoms with van der Waals surface area (Å²) in [5.41, 5.74) is 2.52. The Bertz CT molecular complexity index is 756. The van der Waals surface area contributed by atoms with Crippen molar-refractivity contribution in [3.05, 3.63) is 108 Å². The maximum Gasteiger partial charge on any atom is 0.0977 e. The fourth-order valence-electron chi connectivity index (χ4n) is 4.15. The molecule has 2 nitrogen and oxygen atoms in total. The summed E-state index contributed by atoms with van der Waals surface area (Å²) in [5, 5.41) is 10.7. The van der Waals surface area contributed by atoms with Crippen LogP contribution in [0.4, 0.5) is 0 Å². The third-order valence-electron chi connectivity index (χ3n) is 5.43. The summed E-state index contributed by atoms with van der Waals surface area (Å²) in [6, 6.07) is 32.0. The van der Waals surface area contributed by atoms with Crippen molar-refractivity contribution < 1.29 is 5.11 Å². The van der Waals surface area contributed by atoms with Crippen molar-refractivity contribution in [2.24, 2.45) is 0 Å². The second kappa shape index (κ2) is 6.39. The second-order valence-electron chi connectivity index (χ2n) is 7.63. The summed E-state index contributed by atoms with van der Waals surface area (Å²) in [6.45, 7) is 4.68. The molecule has 1 N–H and O–H groups in total. The Balaban J connectivity index is 1.99. The van der Waals surface area contributed by atoms with E-state index in [1.54, 1.807) is 0 Å². The van der Waals surface area contributed by atoms with Gasteiger partial charge in [0.1, 0.15) is 0 Å². The van der Waals surface area contributed by atoms with E-state index in [1.807, 2.05) is 13.8 Å². The molecule has 1 heterocycles. The van der Waals surface area contributed by atoms with Gasteiger partial charge in [-0.1, -0.05) is 91.0 Å². The third kappa shape index (κ3) is 2.76. The van der Waals surface area contributed by atoms with Crippen LogP contribution in [0.2, 0.25) is 0 Å². The molecule has 1 fully saturated rings. The summed E-state index contributed by atoms with van der Waals surface area (Å²) in [5.74, 6) is 0. The zero-order chi connectivity index (χ0) is 18.2. The molecule has 0 amide bonds. The zero-order valence-corrected chi connectivity index (χ0v) is 15.3. The summed E-state index contributed by atoms with van der Waals surface area (Å²) in [7, 11) is 0. The Hall–Kier alpha value is -2.42. The maximum atomic E-state index is 10.7. The van der Waals surface area contributed by atoms with E-state index >= 15 is 0 Å². The number of nitrogens with zero attached hydrogens (tertiary/aromatic N) is 1. The molecule has 3 aromatic rings. The predicted molar refractivity (Wildman–Crippen MR) is 106 cm³/mol. The molecule has 0 aliphatic carbocycles. The first-order chi connectivity index (χ1) is 12.5. The van der Waals surface area contributed by atoms with Crippen LogP contribution in [0.1, 0.15) is 30.5 Å². The molecule has 1 saturated heterocycles. The molecule has 1 aliphatic heterocycles. The number of benzene rings is 3. The first-order valence-corrected chi connectivity index (χ1v) is 9.20. The SMILES string of the molecule is CC(C)(O)C1CN1C(c1ccccc1)(c1ccccc1)c1ccccc1. The van der Waals surface area contributed by atoms with Gasteiger partial charge in [-0.25, -0.2) is 0 Å². The minimum Gasteiger partial charge on any atom is -0.389 e. The van der Waals surface area contributed by atoms with Gasteiger partial charge in [0.05, 0.1) is 17.2 Å². The Morgan fingerprint density at radius 1 is 0.692 bits per heavy atom. The van der Waals surface area contributed by atoms with Crippen molar-refractivity contribution in [3.8, 4) is 0 Å². The van der Waals surface area contributed by atoms with Gasteiger partial charge in [-0.05, 0) is 30.5 Å². The van der Waals surface area contributed by atoms with E-state index in [2.05, 4.69) is 95.9 Å². The van der Waals surface area contributed by atoms with Crippen LogP contribution < -0.4 is 0 Å². The van der Waals surface area contributed by atoms with Gasteiger partial charge in [0.2, 0.25) is 0 Å². The predicted octanol–water partition coefficient (Wildman–Crippen LogP) is 4.43. The minimum absolute atomic E-state index is 0.114. The molecule has 132 valence electrons. The monoisotopic (exact) mass is 343 g/mol. The average Bonchev–Trinajstić information content (AvgIpc) is 3.47. The molecule has 2 unspecified atom stereocenters. The van der Waals surface area contributed by atoms with Gasteiger partial charge in [0.25, 0.3) is 0 Å². The lowest BCUT2D eigenvalue weighted by Crippen LogP contribution is -2.42. The molecule has 1 aliphatic rings. The first kappa shape index (κ1) is 17.0. The lowest BCUT2D eigenvalue weighted by Gasteiger charge is -2.39. The number of hydrogen-bond donors (Lipinski definition) is 1. The molecule has 0 radical (unpaired) electrons. The first-order valence-electron chi connectivity index (χ1n) is 9.20. The third-order valence-corrected chi connectivity index (χ3v) is 5.43. The minimum atomic E-state index is -0.746. The highest BCUT2D eigenvalue weighted by atomic mass is 16.3. The van der Waals surface area contributed by atoms with E-state index in [0.29, 0.717) is 0 Å². The van der Waals surface area contributed by atoms with Crippen molar-refractivity contribution in [1.29, 1.82) is 0 Å². The van der Waals surface area contributed by atoms with Crippen LogP contribution in [0.5, 0.6) is 0 Å². The smallest absolute Gasteiger partial charge is 0.0977 e. The van der Waals surface area contributed by atoms with Crippen molar-refractivity contribution in [3.63, 3.8) is 0 Å². The fourth-order valence-corrected chi connectivity index (χ4v) is 4.15. The van der Waals surface area contributed by atoms with Crippen molar-refractivity contribution >= 4 is 0 Å². The van der Waals surface area contributed by atoms with Crippen LogP contribution in [0.15, 0.2) is 91.0 Å². The van der Waals surface area contributed by atoms with Gasteiger partial charge >= 0.3 is 0 Å². The molecule has 0 saturated carbocycles. The maximum absolute atomic E-state index is 10.7. The van der Waals surface area contributed by atoms with Gasteiger partial charge in [-0.2, -0.15) is 0 Å². The van der Waals surface area contributed by atoms with E-state index in [1.165, 1.54) is 16.7 Å². The van der Waals surface area contributed by atoms with Crippen LogP contribution in [0.3, 0.4) is 0 Å². The normalized spacial score (nSPS) is 20.0. The number of rotatable bonds is 5. The summed E-state index contributed by atoms with van der Waals surface area (Å²) >= 11 is 0. The highest BCUT2D eigenvalue weighted by Gasteiger charge is 2.57. The molecule has 3 aromatic carbocycles. The summed E-state index contributed by atoms with van der Waals surface area (Å²) in [4.78, 5) is 2.42. The second-order valence-corrected chi connectivity index (χ2v) is 7.63. The molecule has 2 atom stereocenters. The van der Waals surface area contributed by atoms with Gasteiger partial charge < -0.3 is 5.11 Å². The number of aliphatic hydroxyl groups is 1. The van der Waals surface area contributed by atoms with E-state index in [4.69, 9.17) is 0 Å². The highest BCUT2D eigenvalue weighted by Crippen LogP contribution is 2.50. The van der Waals surface area contributed by atoms with Gasteiger partial charge in [-0.3, -0.25) is 4.90 Å². The Labute approximate surface area is 155 Å². The van der Waals surface area contributed by atoms with E-state index in [0.717, 1.165) is 6.54 Å². The van der Waals surface area contributed by atoms with Crippen LogP contribution in [-0.2, 0) is 5.54 Å². The van der Waals surface area contributed by atoms with Gasteiger partial charge in [0, 0.05) is 6.54 Å². The van der Waals surface area contributed by atoms with Crippen molar-refractivity contribution in [1.82, 2.24) is 4.90 Å². The zero-order valence-electron chi connectivity index (χ0n) is 15.3. The number of hydrogen-bond acceptors (Lipinski definition) is 2. The molecule has 4 rings (SSSR count). The molecule has 0 aromatic heterocycles. The average molecular weight is 343 g/mol. The Morgan fingerprint density at radius 3 is 1.31 bits per heavy atom. The topological polar surface area (TPSA) is 23.2 Å². The van der Waals surface area contributed by atoms with Crippen molar-refractivity contribution in [2.75, 3.05) is 6.54 Å². The van der Waals surface area contributed by atoms with Crippen LogP contribution in [-0.4, -0.2) is 28.2 Å². The summed E-state index contributed by atoms with van der Waals surface area (Å²) in [6.07, 6.45) is 0. The van der Waals surface area contributed by atoms with Crippen LogP contribution in [0, 0.1) is 0 Å². The van der Waals surface area contributed by atoms with E-state index in [-0.39, 0.29) is 6.04 Å². The highest BCUT2D eigenvalue weighted by molar-refractivity contribution is 5.51.